The zero-order chi connectivity index (χ0) is 20.2. The largest absolute Gasteiger partial charge is 0.493 e. The van der Waals surface area contributed by atoms with Crippen LogP contribution in [0.4, 0.5) is 5.69 Å². The van der Waals surface area contributed by atoms with Crippen LogP contribution in [0.3, 0.4) is 0 Å². The van der Waals surface area contributed by atoms with Crippen molar-refractivity contribution in [1.82, 2.24) is 5.32 Å². The normalized spacial score (nSPS) is 12.3. The van der Waals surface area contributed by atoms with Crippen molar-refractivity contribution < 1.29 is 14.3 Å². The predicted molar refractivity (Wildman–Crippen MR) is 111 cm³/mol. The highest BCUT2D eigenvalue weighted by atomic mass is 35.6. The van der Waals surface area contributed by atoms with Gasteiger partial charge in [-0.3, -0.25) is 4.79 Å². The second kappa shape index (κ2) is 9.30. The molecule has 0 heterocycles. The SMILES string of the molecule is COc1ccc(C(=O)N[C@H](Nc2ccc(Cl)cc2Cl)C(Cl)(Cl)Cl)cc1OC. The van der Waals surface area contributed by atoms with Crippen molar-refractivity contribution in [2.24, 2.45) is 0 Å². The number of benzene rings is 2. The van der Waals surface area contributed by atoms with E-state index in [9.17, 15) is 4.79 Å². The summed E-state index contributed by atoms with van der Waals surface area (Å²) in [5.74, 6) is 0.382. The molecule has 5 nitrogen and oxygen atoms in total. The number of amides is 1. The lowest BCUT2D eigenvalue weighted by Gasteiger charge is -2.28. The van der Waals surface area contributed by atoms with Crippen LogP contribution in [0, 0.1) is 0 Å². The monoisotopic (exact) mass is 470 g/mol. The van der Waals surface area contributed by atoms with Crippen molar-refractivity contribution in [1.29, 1.82) is 0 Å². The van der Waals surface area contributed by atoms with E-state index in [4.69, 9.17) is 67.5 Å². The number of rotatable bonds is 6. The Labute approximate surface area is 181 Å². The molecular formula is C17H15Cl5N2O3. The summed E-state index contributed by atoms with van der Waals surface area (Å²) >= 11 is 30.0. The number of ether oxygens (including phenoxy) is 2. The molecule has 0 unspecified atom stereocenters. The van der Waals surface area contributed by atoms with Crippen LogP contribution < -0.4 is 20.1 Å². The first kappa shape index (κ1) is 22.1. The molecule has 2 N–H and O–H groups in total. The summed E-state index contributed by atoms with van der Waals surface area (Å²) in [5.41, 5.74) is 0.723. The van der Waals surface area contributed by atoms with Gasteiger partial charge in [-0.05, 0) is 36.4 Å². The molecule has 0 saturated heterocycles. The molecule has 0 spiro atoms. The maximum absolute atomic E-state index is 12.6. The molecule has 0 bridgehead atoms. The van der Waals surface area contributed by atoms with Crippen LogP contribution in [0.25, 0.3) is 0 Å². The fraction of sp³-hybridized carbons (Fsp3) is 0.235. The predicted octanol–water partition coefficient (Wildman–Crippen LogP) is 5.55. The number of methoxy groups -OCH3 is 2. The highest BCUT2D eigenvalue weighted by Crippen LogP contribution is 2.34. The lowest BCUT2D eigenvalue weighted by atomic mass is 10.2. The Morgan fingerprint density at radius 1 is 1.00 bits per heavy atom. The van der Waals surface area contributed by atoms with Gasteiger partial charge in [0, 0.05) is 10.6 Å². The first-order valence-corrected chi connectivity index (χ1v) is 9.36. The van der Waals surface area contributed by atoms with Gasteiger partial charge in [-0.2, -0.15) is 0 Å². The highest BCUT2D eigenvalue weighted by Gasteiger charge is 2.34. The van der Waals surface area contributed by atoms with Crippen molar-refractivity contribution in [3.63, 3.8) is 0 Å². The number of hydrogen-bond acceptors (Lipinski definition) is 4. The van der Waals surface area contributed by atoms with Crippen molar-refractivity contribution >= 4 is 69.6 Å². The topological polar surface area (TPSA) is 59.6 Å². The van der Waals surface area contributed by atoms with Gasteiger partial charge in [-0.15, -0.1) is 0 Å². The number of nitrogens with one attached hydrogen (secondary N) is 2. The van der Waals surface area contributed by atoms with Crippen LogP contribution in [0.15, 0.2) is 36.4 Å². The molecule has 0 aromatic heterocycles. The van der Waals surface area contributed by atoms with Gasteiger partial charge < -0.3 is 20.1 Å². The molecular weight excluding hydrogens is 457 g/mol. The van der Waals surface area contributed by atoms with Crippen LogP contribution in [0.5, 0.6) is 11.5 Å². The zero-order valence-corrected chi connectivity index (χ0v) is 17.9. The minimum absolute atomic E-state index is 0.288. The van der Waals surface area contributed by atoms with Gasteiger partial charge in [0.25, 0.3) is 5.91 Å². The van der Waals surface area contributed by atoms with E-state index < -0.39 is 15.9 Å². The van der Waals surface area contributed by atoms with Crippen LogP contribution >= 0.6 is 58.0 Å². The standard InChI is InChI=1S/C17H15Cl5N2O3/c1-26-13-6-3-9(7-14(13)27-2)15(25)24-16(17(20,21)22)23-12-5-4-10(18)8-11(12)19/h3-8,16,23H,1-2H3,(H,24,25)/t16-/m0/s1. The average Bonchev–Trinajstić information content (AvgIpc) is 2.61. The van der Waals surface area contributed by atoms with Gasteiger partial charge >= 0.3 is 0 Å². The molecule has 27 heavy (non-hydrogen) atoms. The van der Waals surface area contributed by atoms with E-state index in [0.29, 0.717) is 27.2 Å². The molecule has 2 rings (SSSR count). The molecule has 0 aliphatic rings. The second-order valence-corrected chi connectivity index (χ2v) is 8.50. The maximum atomic E-state index is 12.6. The third-order valence-corrected chi connectivity index (χ3v) is 4.68. The van der Waals surface area contributed by atoms with Crippen LogP contribution in [0.1, 0.15) is 10.4 Å². The average molecular weight is 473 g/mol. The molecule has 2 aromatic carbocycles. The Bertz CT molecular complexity index is 827. The maximum Gasteiger partial charge on any atom is 0.253 e. The van der Waals surface area contributed by atoms with E-state index in [2.05, 4.69) is 10.6 Å². The van der Waals surface area contributed by atoms with E-state index in [0.717, 1.165) is 0 Å². The van der Waals surface area contributed by atoms with Crippen molar-refractivity contribution in [3.05, 3.63) is 52.0 Å². The highest BCUT2D eigenvalue weighted by molar-refractivity contribution is 6.68. The smallest absolute Gasteiger partial charge is 0.253 e. The van der Waals surface area contributed by atoms with Crippen molar-refractivity contribution in [3.8, 4) is 11.5 Å². The number of hydrogen-bond donors (Lipinski definition) is 2. The van der Waals surface area contributed by atoms with Crippen LogP contribution in [-0.2, 0) is 0 Å². The van der Waals surface area contributed by atoms with E-state index in [1.165, 1.54) is 26.4 Å². The third-order valence-electron chi connectivity index (χ3n) is 3.48. The first-order chi connectivity index (χ1) is 12.7. The summed E-state index contributed by atoms with van der Waals surface area (Å²) in [5, 5.41) is 6.27. The van der Waals surface area contributed by atoms with Gasteiger partial charge in [0.05, 0.1) is 24.9 Å². The number of halogens is 5. The summed E-state index contributed by atoms with van der Waals surface area (Å²) < 4.78 is 8.48. The molecule has 10 heteroatoms. The van der Waals surface area contributed by atoms with Crippen LogP contribution in [-0.4, -0.2) is 30.1 Å². The summed E-state index contributed by atoms with van der Waals surface area (Å²) in [4.78, 5) is 12.6. The Hall–Kier alpha value is -1.24. The summed E-state index contributed by atoms with van der Waals surface area (Å²) in [6.45, 7) is 0. The quantitative estimate of drug-likeness (QED) is 0.428. The Kier molecular flexibility index (Phi) is 7.60. The molecule has 0 aliphatic carbocycles. The van der Waals surface area contributed by atoms with E-state index in [1.54, 1.807) is 24.3 Å². The Morgan fingerprint density at radius 3 is 2.22 bits per heavy atom. The van der Waals surface area contributed by atoms with Gasteiger partial charge in [0.15, 0.2) is 11.5 Å². The lowest BCUT2D eigenvalue weighted by molar-refractivity contribution is 0.0941. The summed E-state index contributed by atoms with van der Waals surface area (Å²) in [7, 11) is 2.96. The molecule has 146 valence electrons. The molecule has 0 aliphatic heterocycles. The fourth-order valence-corrected chi connectivity index (χ4v) is 2.94. The van der Waals surface area contributed by atoms with Gasteiger partial charge in [0.1, 0.15) is 6.17 Å². The summed E-state index contributed by atoms with van der Waals surface area (Å²) in [6, 6.07) is 9.41. The third kappa shape index (κ3) is 5.87. The zero-order valence-electron chi connectivity index (χ0n) is 14.2. The van der Waals surface area contributed by atoms with Gasteiger partial charge in [0.2, 0.25) is 3.79 Å². The minimum Gasteiger partial charge on any atom is -0.493 e. The Balaban J connectivity index is 2.24. The number of anilines is 1. The molecule has 0 fully saturated rings. The fourth-order valence-electron chi connectivity index (χ4n) is 2.15. The van der Waals surface area contributed by atoms with Gasteiger partial charge in [-0.25, -0.2) is 0 Å². The number of carbonyl (C=O) groups excluding carboxylic acids is 1. The minimum atomic E-state index is -1.87. The van der Waals surface area contributed by atoms with E-state index in [-0.39, 0.29) is 5.56 Å². The second-order valence-electron chi connectivity index (χ2n) is 5.29. The molecule has 1 amide bonds. The molecule has 1 atom stereocenters. The number of carbonyl (C=O) groups is 1. The molecule has 0 saturated carbocycles. The van der Waals surface area contributed by atoms with Crippen molar-refractivity contribution in [2.75, 3.05) is 19.5 Å². The van der Waals surface area contributed by atoms with Gasteiger partial charge in [-0.1, -0.05) is 58.0 Å². The van der Waals surface area contributed by atoms with Crippen LogP contribution in [0.2, 0.25) is 10.0 Å². The van der Waals surface area contributed by atoms with E-state index >= 15 is 0 Å². The van der Waals surface area contributed by atoms with E-state index in [1.807, 2.05) is 0 Å². The first-order valence-electron chi connectivity index (χ1n) is 7.47. The molecule has 2 aromatic rings. The summed E-state index contributed by atoms with van der Waals surface area (Å²) in [6.07, 6.45) is -1.08. The Morgan fingerprint density at radius 2 is 1.67 bits per heavy atom. The lowest BCUT2D eigenvalue weighted by Crippen LogP contribution is -2.49. The molecule has 0 radical (unpaired) electrons. The number of alkyl halides is 3. The van der Waals surface area contributed by atoms with Crippen molar-refractivity contribution in [2.45, 2.75) is 9.96 Å².